The van der Waals surface area contributed by atoms with Gasteiger partial charge in [-0.3, -0.25) is 14.4 Å². The van der Waals surface area contributed by atoms with Gasteiger partial charge in [0.05, 0.1) is 35.8 Å². The summed E-state index contributed by atoms with van der Waals surface area (Å²) in [5.41, 5.74) is -0.480. The highest BCUT2D eigenvalue weighted by Gasteiger charge is 2.77. The lowest BCUT2D eigenvalue weighted by atomic mass is 9.66. The van der Waals surface area contributed by atoms with Crippen LogP contribution in [0.2, 0.25) is 0 Å². The topological polar surface area (TPSA) is 87.2 Å². The zero-order valence-corrected chi connectivity index (χ0v) is 22.6. The number of thioether (sulfide) groups is 1. The van der Waals surface area contributed by atoms with E-state index in [2.05, 4.69) is 13.5 Å². The number of amides is 2. The van der Waals surface area contributed by atoms with Gasteiger partial charge in [-0.15, -0.1) is 18.3 Å². The number of ether oxygens (including phenoxy) is 1. The molecule has 8 heteroatoms. The summed E-state index contributed by atoms with van der Waals surface area (Å²) in [4.78, 5) is 45.1. The van der Waals surface area contributed by atoms with E-state index in [4.69, 9.17) is 4.74 Å². The number of nitrogens with zero attached hydrogens (tertiary/aromatic N) is 2. The number of esters is 1. The highest BCUT2D eigenvalue weighted by atomic mass is 32.2. The Morgan fingerprint density at radius 1 is 1.38 bits per heavy atom. The van der Waals surface area contributed by atoms with Gasteiger partial charge in [-0.1, -0.05) is 26.8 Å². The Kier molecular flexibility index (Phi) is 7.83. The molecule has 0 saturated carbocycles. The predicted octanol–water partition coefficient (Wildman–Crippen LogP) is 3.11. The van der Waals surface area contributed by atoms with Crippen LogP contribution in [0, 0.1) is 23.7 Å². The van der Waals surface area contributed by atoms with E-state index < -0.39 is 34.2 Å². The van der Waals surface area contributed by atoms with Crippen LogP contribution in [0.25, 0.3) is 0 Å². The molecule has 192 valence electrons. The van der Waals surface area contributed by atoms with Crippen molar-refractivity contribution in [3.05, 3.63) is 12.7 Å². The molecule has 3 fully saturated rings. The molecule has 0 aliphatic carbocycles. The summed E-state index contributed by atoms with van der Waals surface area (Å²) in [5, 5.41) is 10.3. The largest absolute Gasteiger partial charge is 0.466 e. The van der Waals surface area contributed by atoms with Crippen LogP contribution in [-0.4, -0.2) is 80.1 Å². The number of hydrogen-bond acceptors (Lipinski definition) is 6. The minimum Gasteiger partial charge on any atom is -0.466 e. The second-order valence-electron chi connectivity index (χ2n) is 11.4. The molecule has 1 spiro atoms. The van der Waals surface area contributed by atoms with Crippen LogP contribution in [0.15, 0.2) is 12.7 Å². The normalized spacial score (nSPS) is 33.3. The average molecular weight is 495 g/mol. The lowest BCUT2D eigenvalue weighted by Crippen LogP contribution is -2.62. The zero-order valence-electron chi connectivity index (χ0n) is 21.7. The van der Waals surface area contributed by atoms with Gasteiger partial charge in [0.15, 0.2) is 0 Å². The quantitative estimate of drug-likeness (QED) is 0.392. The van der Waals surface area contributed by atoms with Crippen molar-refractivity contribution < 1.29 is 24.2 Å². The van der Waals surface area contributed by atoms with Crippen LogP contribution in [-0.2, 0) is 19.1 Å². The SMILES string of the molecule is C=CCN(C(=O)C1N([C@@H](CO)CC(C)C)C(=O)[C@@H]2[C@@H](C(=O)OCC)[C@H]3CC(C)C12S3)C(C)(C)C. The first kappa shape index (κ1) is 27.1. The van der Waals surface area contributed by atoms with E-state index in [0.717, 1.165) is 6.42 Å². The molecule has 1 N–H and O–H groups in total. The van der Waals surface area contributed by atoms with Gasteiger partial charge in [0.2, 0.25) is 11.8 Å². The van der Waals surface area contributed by atoms with E-state index in [-0.39, 0.29) is 48.1 Å². The standard InChI is InChI=1S/C26H42N2O5S/c1-9-11-27(25(6,7)8)23(31)21-26-16(5)13-18(34-26)19(24(32)33-10-2)20(26)22(30)28(21)17(14-29)12-15(3)4/h9,15-21,29H,1,10-14H2,2-8H3/t16?,17-,18-,19+,20+,21?,26?/m1/s1. The number of carbonyl (C=O) groups is 3. The third-order valence-electron chi connectivity index (χ3n) is 7.71. The van der Waals surface area contributed by atoms with Crippen molar-refractivity contribution >= 4 is 29.5 Å². The van der Waals surface area contributed by atoms with E-state index in [1.165, 1.54) is 0 Å². The van der Waals surface area contributed by atoms with Crippen LogP contribution in [0.4, 0.5) is 0 Å². The van der Waals surface area contributed by atoms with Crippen molar-refractivity contribution in [3.8, 4) is 0 Å². The molecule has 7 atom stereocenters. The highest BCUT2D eigenvalue weighted by molar-refractivity contribution is 8.02. The van der Waals surface area contributed by atoms with Crippen molar-refractivity contribution in [3.63, 3.8) is 0 Å². The predicted molar refractivity (Wildman–Crippen MR) is 134 cm³/mol. The van der Waals surface area contributed by atoms with Gasteiger partial charge < -0.3 is 19.6 Å². The van der Waals surface area contributed by atoms with Crippen molar-refractivity contribution in [2.45, 2.75) is 88.9 Å². The van der Waals surface area contributed by atoms with Crippen molar-refractivity contribution in [2.75, 3.05) is 19.8 Å². The van der Waals surface area contributed by atoms with Crippen molar-refractivity contribution in [2.24, 2.45) is 23.7 Å². The van der Waals surface area contributed by atoms with E-state index in [1.807, 2.05) is 34.6 Å². The van der Waals surface area contributed by atoms with E-state index >= 15 is 0 Å². The maximum atomic E-state index is 14.4. The molecule has 3 rings (SSSR count). The number of carbonyl (C=O) groups excluding carboxylic acids is 3. The second-order valence-corrected chi connectivity index (χ2v) is 13.0. The first-order valence-corrected chi connectivity index (χ1v) is 13.4. The summed E-state index contributed by atoms with van der Waals surface area (Å²) in [7, 11) is 0. The summed E-state index contributed by atoms with van der Waals surface area (Å²) in [6.45, 7) is 18.1. The van der Waals surface area contributed by atoms with Crippen molar-refractivity contribution in [1.82, 2.24) is 9.80 Å². The lowest BCUT2D eigenvalue weighted by Gasteiger charge is -2.45. The van der Waals surface area contributed by atoms with Crippen LogP contribution in [0.3, 0.4) is 0 Å². The number of rotatable bonds is 9. The molecule has 0 aromatic carbocycles. The number of aliphatic hydroxyl groups excluding tert-OH is 1. The van der Waals surface area contributed by atoms with Gasteiger partial charge >= 0.3 is 5.97 Å². The highest BCUT2D eigenvalue weighted by Crippen LogP contribution is 2.69. The van der Waals surface area contributed by atoms with Crippen LogP contribution in [0.5, 0.6) is 0 Å². The summed E-state index contributed by atoms with van der Waals surface area (Å²) < 4.78 is 4.69. The number of fused-ring (bicyclic) bond motifs is 1. The first-order valence-electron chi connectivity index (χ1n) is 12.6. The minimum absolute atomic E-state index is 0.0411. The Balaban J connectivity index is 2.18. The second kappa shape index (κ2) is 9.84. The van der Waals surface area contributed by atoms with Gasteiger partial charge in [0, 0.05) is 17.3 Å². The lowest BCUT2D eigenvalue weighted by molar-refractivity contribution is -0.154. The molecule has 3 saturated heterocycles. The molecule has 34 heavy (non-hydrogen) atoms. The molecular weight excluding hydrogens is 452 g/mol. The maximum absolute atomic E-state index is 14.4. The summed E-state index contributed by atoms with van der Waals surface area (Å²) in [6, 6.07) is -1.23. The zero-order chi connectivity index (χ0) is 25.6. The fraction of sp³-hybridized carbons (Fsp3) is 0.808. The Morgan fingerprint density at radius 3 is 2.53 bits per heavy atom. The van der Waals surface area contributed by atoms with Crippen LogP contribution < -0.4 is 0 Å². The van der Waals surface area contributed by atoms with Crippen LogP contribution >= 0.6 is 11.8 Å². The molecule has 7 nitrogen and oxygen atoms in total. The molecular formula is C26H42N2O5S. The third-order valence-corrected chi connectivity index (χ3v) is 9.79. The van der Waals surface area contributed by atoms with E-state index in [9.17, 15) is 19.5 Å². The fourth-order valence-electron chi connectivity index (χ4n) is 6.43. The molecule has 3 aliphatic rings. The number of aliphatic hydroxyl groups is 1. The minimum atomic E-state index is -0.746. The van der Waals surface area contributed by atoms with E-state index in [1.54, 1.807) is 34.6 Å². The van der Waals surface area contributed by atoms with Gasteiger partial charge in [-0.05, 0) is 52.4 Å². The maximum Gasteiger partial charge on any atom is 0.310 e. The Bertz CT molecular complexity index is 824. The van der Waals surface area contributed by atoms with Crippen molar-refractivity contribution in [1.29, 1.82) is 0 Å². The summed E-state index contributed by atoms with van der Waals surface area (Å²) in [5.74, 6) is -1.54. The molecule has 0 radical (unpaired) electrons. The summed E-state index contributed by atoms with van der Waals surface area (Å²) >= 11 is 1.64. The van der Waals surface area contributed by atoms with Crippen LogP contribution in [0.1, 0.15) is 61.3 Å². The Labute approximate surface area is 208 Å². The Morgan fingerprint density at radius 2 is 2.03 bits per heavy atom. The molecule has 3 aliphatic heterocycles. The van der Waals surface area contributed by atoms with Gasteiger partial charge in [0.1, 0.15) is 6.04 Å². The molecule has 2 amide bonds. The van der Waals surface area contributed by atoms with Gasteiger partial charge in [-0.25, -0.2) is 0 Å². The molecule has 2 bridgehead atoms. The number of likely N-dealkylation sites (tertiary alicyclic amines) is 1. The average Bonchev–Trinajstić information content (AvgIpc) is 3.33. The molecule has 3 heterocycles. The first-order chi connectivity index (χ1) is 15.9. The molecule has 3 unspecified atom stereocenters. The smallest absolute Gasteiger partial charge is 0.310 e. The van der Waals surface area contributed by atoms with E-state index in [0.29, 0.717) is 13.0 Å². The van der Waals surface area contributed by atoms with Gasteiger partial charge in [-0.2, -0.15) is 0 Å². The summed E-state index contributed by atoms with van der Waals surface area (Å²) in [6.07, 6.45) is 3.06. The Hall–Kier alpha value is -1.54. The monoisotopic (exact) mass is 494 g/mol. The number of hydrogen-bond donors (Lipinski definition) is 1. The van der Waals surface area contributed by atoms with Gasteiger partial charge in [0.25, 0.3) is 0 Å². The molecule has 0 aromatic rings. The molecule has 0 aromatic heterocycles. The fourth-order valence-corrected chi connectivity index (χ4v) is 8.82. The third kappa shape index (κ3) is 4.19.